The molecule has 0 amide bonds. The minimum atomic E-state index is 0.133. The van der Waals surface area contributed by atoms with Gasteiger partial charge in [-0.1, -0.05) is 30.7 Å². The first-order valence-corrected chi connectivity index (χ1v) is 6.72. The summed E-state index contributed by atoms with van der Waals surface area (Å²) in [5.74, 6) is 0.133. The Morgan fingerprint density at radius 1 is 1.44 bits per heavy atom. The molecule has 1 atom stereocenters. The Bertz CT molecular complexity index is 524. The van der Waals surface area contributed by atoms with Crippen LogP contribution in [0.15, 0.2) is 29.8 Å². The van der Waals surface area contributed by atoms with E-state index in [2.05, 4.69) is 4.98 Å². The molecule has 18 heavy (non-hydrogen) atoms. The van der Waals surface area contributed by atoms with Gasteiger partial charge in [-0.15, -0.1) is 11.3 Å². The quantitative estimate of drug-likeness (QED) is 0.784. The van der Waals surface area contributed by atoms with Crippen LogP contribution < -0.4 is 0 Å². The first-order valence-electron chi connectivity index (χ1n) is 5.47. The van der Waals surface area contributed by atoms with Crippen LogP contribution >= 0.6 is 22.9 Å². The Morgan fingerprint density at radius 2 is 2.17 bits per heavy atom. The number of halogens is 1. The summed E-state index contributed by atoms with van der Waals surface area (Å²) < 4.78 is 4.81. The molecule has 1 heterocycles. The molecule has 2 aromatic rings. The zero-order chi connectivity index (χ0) is 13.0. The highest BCUT2D eigenvalue weighted by Gasteiger charge is 2.15. The molecule has 1 aromatic carbocycles. The van der Waals surface area contributed by atoms with Gasteiger partial charge in [-0.2, -0.15) is 0 Å². The number of ether oxygens (including phenoxy) is 1. The van der Waals surface area contributed by atoms with E-state index < -0.39 is 0 Å². The fourth-order valence-electron chi connectivity index (χ4n) is 1.69. The van der Waals surface area contributed by atoms with Gasteiger partial charge in [-0.3, -0.25) is 4.79 Å². The molecule has 0 aliphatic carbocycles. The van der Waals surface area contributed by atoms with Crippen LogP contribution in [-0.2, 0) is 9.53 Å². The number of hydrogen-bond acceptors (Lipinski definition) is 4. The summed E-state index contributed by atoms with van der Waals surface area (Å²) >= 11 is 7.43. The molecule has 0 fully saturated rings. The molecule has 0 radical (unpaired) electrons. The lowest BCUT2D eigenvalue weighted by Crippen LogP contribution is -2.02. The lowest BCUT2D eigenvalue weighted by molar-refractivity contribution is -0.129. The van der Waals surface area contributed by atoms with E-state index in [0.29, 0.717) is 18.1 Å². The molecule has 0 bridgehead atoms. The average Bonchev–Trinajstić information content (AvgIpc) is 2.86. The molecule has 3 nitrogen and oxygen atoms in total. The van der Waals surface area contributed by atoms with Gasteiger partial charge in [-0.25, -0.2) is 4.98 Å². The van der Waals surface area contributed by atoms with Gasteiger partial charge in [-0.05, 0) is 12.1 Å². The molecule has 0 aliphatic heterocycles. The summed E-state index contributed by atoms with van der Waals surface area (Å²) in [7, 11) is 0. The van der Waals surface area contributed by atoms with Crippen LogP contribution in [0.1, 0.15) is 17.7 Å². The van der Waals surface area contributed by atoms with Gasteiger partial charge < -0.3 is 4.74 Å². The molecule has 2 rings (SSSR count). The van der Waals surface area contributed by atoms with Gasteiger partial charge in [0.2, 0.25) is 0 Å². The van der Waals surface area contributed by atoms with Gasteiger partial charge in [0.1, 0.15) is 0 Å². The molecule has 0 saturated heterocycles. The third kappa shape index (κ3) is 2.89. The molecular formula is C13H12ClNO2S. The largest absolute Gasteiger partial charge is 0.467 e. The molecule has 0 spiro atoms. The Balaban J connectivity index is 2.26. The number of hydrogen-bond donors (Lipinski definition) is 0. The molecule has 94 valence electrons. The van der Waals surface area contributed by atoms with Crippen LogP contribution in [0.2, 0.25) is 5.02 Å². The number of carbonyl (C=O) groups excluding carboxylic acids is 1. The van der Waals surface area contributed by atoms with E-state index in [9.17, 15) is 4.79 Å². The minimum absolute atomic E-state index is 0.133. The van der Waals surface area contributed by atoms with E-state index in [-0.39, 0.29) is 5.92 Å². The molecule has 1 aromatic heterocycles. The van der Waals surface area contributed by atoms with Gasteiger partial charge in [0, 0.05) is 21.4 Å². The number of aromatic nitrogens is 1. The molecule has 0 aliphatic rings. The van der Waals surface area contributed by atoms with E-state index in [4.69, 9.17) is 16.3 Å². The van der Waals surface area contributed by atoms with Crippen LogP contribution in [0.25, 0.3) is 11.3 Å². The van der Waals surface area contributed by atoms with Gasteiger partial charge in [0.15, 0.2) is 0 Å². The van der Waals surface area contributed by atoms with Crippen molar-refractivity contribution in [2.75, 3.05) is 6.61 Å². The third-order valence-electron chi connectivity index (χ3n) is 2.57. The van der Waals surface area contributed by atoms with Gasteiger partial charge in [0.25, 0.3) is 6.47 Å². The second-order valence-corrected chi connectivity index (χ2v) is 5.23. The maximum absolute atomic E-state index is 10.2. The molecule has 1 unspecified atom stereocenters. The lowest BCUT2D eigenvalue weighted by Gasteiger charge is -2.10. The Morgan fingerprint density at radius 3 is 2.83 bits per heavy atom. The van der Waals surface area contributed by atoms with Crippen molar-refractivity contribution in [2.45, 2.75) is 12.8 Å². The van der Waals surface area contributed by atoms with Crippen molar-refractivity contribution in [1.82, 2.24) is 4.98 Å². The van der Waals surface area contributed by atoms with Crippen molar-refractivity contribution >= 4 is 29.4 Å². The average molecular weight is 282 g/mol. The summed E-state index contributed by atoms with van der Waals surface area (Å²) in [6.07, 6.45) is 0. The molecular weight excluding hydrogens is 270 g/mol. The summed E-state index contributed by atoms with van der Waals surface area (Å²) in [6, 6.07) is 7.56. The smallest absolute Gasteiger partial charge is 0.293 e. The number of carbonyl (C=O) groups is 1. The normalized spacial score (nSPS) is 12.1. The highest BCUT2D eigenvalue weighted by Crippen LogP contribution is 2.32. The monoisotopic (exact) mass is 281 g/mol. The third-order valence-corrected chi connectivity index (χ3v) is 3.89. The maximum atomic E-state index is 10.2. The fourth-order valence-corrected chi connectivity index (χ4v) is 2.67. The van der Waals surface area contributed by atoms with Crippen molar-refractivity contribution in [3.63, 3.8) is 0 Å². The van der Waals surface area contributed by atoms with Crippen molar-refractivity contribution in [3.05, 3.63) is 39.7 Å². The predicted octanol–water partition coefficient (Wildman–Crippen LogP) is 3.74. The van der Waals surface area contributed by atoms with Crippen LogP contribution in [0.5, 0.6) is 0 Å². The van der Waals surface area contributed by atoms with Crippen LogP contribution in [-0.4, -0.2) is 18.1 Å². The lowest BCUT2D eigenvalue weighted by atomic mass is 10.0. The number of benzene rings is 1. The van der Waals surface area contributed by atoms with Crippen LogP contribution in [0.4, 0.5) is 0 Å². The predicted molar refractivity (Wildman–Crippen MR) is 73.0 cm³/mol. The van der Waals surface area contributed by atoms with Crippen molar-refractivity contribution in [2.24, 2.45) is 0 Å². The van der Waals surface area contributed by atoms with E-state index in [1.807, 2.05) is 31.2 Å². The van der Waals surface area contributed by atoms with E-state index >= 15 is 0 Å². The molecule has 0 saturated carbocycles. The van der Waals surface area contributed by atoms with Crippen molar-refractivity contribution < 1.29 is 9.53 Å². The summed E-state index contributed by atoms with van der Waals surface area (Å²) in [6.45, 7) is 2.85. The Labute approximate surface area is 114 Å². The standard InChI is InChI=1S/C13H12ClNO2S/c1-9(6-17-8-16)13-12(15-7-18-13)10-2-4-11(14)5-3-10/h2-5,7-9H,6H2,1H3. The van der Waals surface area contributed by atoms with Gasteiger partial charge >= 0.3 is 0 Å². The zero-order valence-corrected chi connectivity index (χ0v) is 11.4. The highest BCUT2D eigenvalue weighted by molar-refractivity contribution is 7.10. The first-order chi connectivity index (χ1) is 8.72. The Kier molecular flexibility index (Phi) is 4.33. The molecule has 5 heteroatoms. The summed E-state index contributed by atoms with van der Waals surface area (Å²) in [5, 5.41) is 0.702. The topological polar surface area (TPSA) is 39.2 Å². The van der Waals surface area contributed by atoms with E-state index in [1.54, 1.807) is 16.8 Å². The summed E-state index contributed by atoms with van der Waals surface area (Å²) in [5.41, 5.74) is 3.75. The summed E-state index contributed by atoms with van der Waals surface area (Å²) in [4.78, 5) is 15.7. The second-order valence-electron chi connectivity index (χ2n) is 3.90. The number of thiazole rings is 1. The second kappa shape index (κ2) is 5.98. The van der Waals surface area contributed by atoms with Gasteiger partial charge in [0.05, 0.1) is 17.8 Å². The van der Waals surface area contributed by atoms with Crippen molar-refractivity contribution in [3.8, 4) is 11.3 Å². The van der Waals surface area contributed by atoms with E-state index in [0.717, 1.165) is 16.1 Å². The van der Waals surface area contributed by atoms with Crippen molar-refractivity contribution in [1.29, 1.82) is 0 Å². The minimum Gasteiger partial charge on any atom is -0.467 e. The van der Waals surface area contributed by atoms with Crippen LogP contribution in [0, 0.1) is 0 Å². The maximum Gasteiger partial charge on any atom is 0.293 e. The Hall–Kier alpha value is -1.39. The fraction of sp³-hybridized carbons (Fsp3) is 0.231. The number of rotatable bonds is 5. The molecule has 0 N–H and O–H groups in total. The van der Waals surface area contributed by atoms with Crippen LogP contribution in [0.3, 0.4) is 0 Å². The SMILES string of the molecule is CC(COC=O)c1scnc1-c1ccc(Cl)cc1. The first kappa shape index (κ1) is 13.1. The van der Waals surface area contributed by atoms with E-state index in [1.165, 1.54) is 0 Å². The number of nitrogens with zero attached hydrogens (tertiary/aromatic N) is 1. The highest BCUT2D eigenvalue weighted by atomic mass is 35.5. The zero-order valence-electron chi connectivity index (χ0n) is 9.80.